The molecule has 0 unspecified atom stereocenters. The number of nitrogens with zero attached hydrogens (tertiary/aromatic N) is 5. The second-order valence-corrected chi connectivity index (χ2v) is 23.2. The minimum absolute atomic E-state index is 0.0363. The Hall–Kier alpha value is -9.78. The van der Waals surface area contributed by atoms with Crippen molar-refractivity contribution in [3.8, 4) is 78.9 Å². The Bertz CT molecular complexity index is 5600. The van der Waals surface area contributed by atoms with Gasteiger partial charge < -0.3 is 9.30 Å². The summed E-state index contributed by atoms with van der Waals surface area (Å²) in [5.41, 5.74) is 5.02. The molecule has 0 atom stereocenters. The van der Waals surface area contributed by atoms with E-state index in [9.17, 15) is 11.0 Å². The summed E-state index contributed by atoms with van der Waals surface area (Å²) in [6.07, 6.45) is 5.55. The molecule has 10 aromatic carbocycles. The summed E-state index contributed by atoms with van der Waals surface area (Å²) in [6.45, 7) is 6.81. The van der Waals surface area contributed by atoms with Crippen LogP contribution in [0.3, 0.4) is 0 Å². The van der Waals surface area contributed by atoms with Gasteiger partial charge in [0.05, 0.1) is 61.1 Å². The molecule has 0 fully saturated rings. The highest BCUT2D eigenvalue weighted by molar-refractivity contribution is 6.11. The highest BCUT2D eigenvalue weighted by atomic mass is 16.5. The number of rotatable bonds is 6. The Morgan fingerprint density at radius 3 is 1.70 bits per heavy atom. The number of aromatic nitrogens is 5. The minimum Gasteiger partial charge on any atom is -0.458 e. The lowest BCUT2D eigenvalue weighted by atomic mass is 9.82. The molecule has 14 aromatic rings. The molecule has 1 aliphatic heterocycles. The van der Waals surface area contributed by atoms with E-state index in [0.717, 1.165) is 60.6 Å². The van der Waals surface area contributed by atoms with Crippen LogP contribution in [0.1, 0.15) is 83.0 Å². The van der Waals surface area contributed by atoms with Gasteiger partial charge in [0.15, 0.2) is 0 Å². The zero-order chi connectivity index (χ0) is 67.7. The quantitative estimate of drug-likeness (QED) is 0.123. The van der Waals surface area contributed by atoms with Gasteiger partial charge in [0.2, 0.25) is 0 Å². The predicted octanol–water partition coefficient (Wildman–Crippen LogP) is 19.3. The van der Waals surface area contributed by atoms with Crippen LogP contribution in [0.15, 0.2) is 224 Å². The highest BCUT2D eigenvalue weighted by Crippen LogP contribution is 2.48. The predicted molar refractivity (Wildman–Crippen MR) is 339 cm³/mol. The van der Waals surface area contributed by atoms with Crippen molar-refractivity contribution >= 4 is 54.6 Å². The van der Waals surface area contributed by atoms with Crippen molar-refractivity contribution in [3.63, 3.8) is 0 Å². The number of hydrogen-bond acceptors (Lipinski definition) is 2. The molecule has 6 heteroatoms. The van der Waals surface area contributed by atoms with Gasteiger partial charge in [-0.05, 0) is 164 Å². The standard InChI is InChI=1S/C76H61N5O/c1-47-21-19-22-48(2)72(47)49-39-63-57-27-11-9-25-55(57)56-26-10-12-28-58(56)64-41-51(76(6,7)8)42-70(80-65-32-16-13-29-59(65)60-30-14-17-33-66(60)80)74(64)79-46-78(69(40-49)73(63)79)52-23-20-24-53(44-52)82-54-35-36-62-61-31-15-18-34-67(61)81(68(62)45-54)71-43-50(37-38-77-71)75(3,4)5/h9-45H,1-8H3/i1D3,2D3,9D,10D,11D,12D,25D,26D,27D,28D. The van der Waals surface area contributed by atoms with Crippen molar-refractivity contribution in [3.05, 3.63) is 253 Å². The van der Waals surface area contributed by atoms with Crippen LogP contribution in [-0.4, -0.2) is 18.7 Å². The first-order valence-electron chi connectivity index (χ1n) is 34.4. The number of ether oxygens (including phenoxy) is 1. The zero-order valence-electron chi connectivity index (χ0n) is 59.9. The first-order valence-corrected chi connectivity index (χ1v) is 27.4. The Balaban J connectivity index is 1.11. The van der Waals surface area contributed by atoms with Crippen molar-refractivity contribution in [2.75, 3.05) is 0 Å². The minimum atomic E-state index is -2.90. The smallest absolute Gasteiger partial charge is 0.269 e. The molecule has 5 heterocycles. The fraction of sp³-hybridized carbons (Fsp3) is 0.132. The maximum atomic E-state index is 10.2. The third kappa shape index (κ3) is 7.76. The molecule has 0 spiro atoms. The Labute approximate surface area is 498 Å². The van der Waals surface area contributed by atoms with Gasteiger partial charge in [-0.2, -0.15) is 0 Å². The molecule has 0 bridgehead atoms. The molecule has 6 nitrogen and oxygen atoms in total. The van der Waals surface area contributed by atoms with Crippen LogP contribution in [0.2, 0.25) is 0 Å². The monoisotopic (exact) mass is 1070 g/mol. The SMILES string of the molecule is [2H]c1c([2H])c([2H])c2c(c1[2H])-c1cc(C(C)(C)C)cc(-n3c4ccccc4c4ccccc43)c1-[n+]1[c-]n(-c3cccc(Oc4ccc5c6ccccc6n(-c6cc(C(C)(C)C)ccn6)c5c4)c3)c3cc(-c4c(C([2H])([2H])[2H])cccc4C([2H])([2H])[2H])cc(c31)-c1c([2H])c([2H])c([2H])c([2H])c1-2. The third-order valence-electron chi connectivity index (χ3n) is 16.1. The van der Waals surface area contributed by atoms with Gasteiger partial charge in [-0.3, -0.25) is 13.7 Å². The van der Waals surface area contributed by atoms with E-state index in [1.54, 1.807) is 27.3 Å². The van der Waals surface area contributed by atoms with Gasteiger partial charge >= 0.3 is 0 Å². The Kier molecular flexibility index (Phi) is 8.18. The van der Waals surface area contributed by atoms with Crippen LogP contribution in [0.4, 0.5) is 0 Å². The first-order chi connectivity index (χ1) is 45.5. The summed E-state index contributed by atoms with van der Waals surface area (Å²) < 4.78 is 147. The van der Waals surface area contributed by atoms with Crippen molar-refractivity contribution < 1.29 is 28.5 Å². The lowest BCUT2D eigenvalue weighted by Gasteiger charge is -2.26. The number of fused-ring (bicyclic) bond motifs is 13. The van der Waals surface area contributed by atoms with Crippen LogP contribution in [0.25, 0.3) is 122 Å². The summed E-state index contributed by atoms with van der Waals surface area (Å²) in [5.74, 6) is 1.61. The number of imidazole rings is 1. The number of aryl methyl sites for hydroxylation is 2. The molecule has 1 aliphatic rings. The van der Waals surface area contributed by atoms with E-state index in [1.807, 2.05) is 136 Å². The topological polar surface area (TPSA) is 40.8 Å². The molecule has 0 saturated carbocycles. The largest absolute Gasteiger partial charge is 0.458 e. The fourth-order valence-electron chi connectivity index (χ4n) is 12.1. The van der Waals surface area contributed by atoms with E-state index >= 15 is 0 Å². The average molecular weight is 1070 g/mol. The average Bonchev–Trinajstić information content (AvgIpc) is 1.47. The normalized spacial score (nSPS) is 15.1. The fourth-order valence-corrected chi connectivity index (χ4v) is 12.1. The molecule has 0 aliphatic carbocycles. The molecule has 4 aromatic heterocycles. The maximum absolute atomic E-state index is 10.2. The Morgan fingerprint density at radius 2 is 1.06 bits per heavy atom. The molecule has 0 radical (unpaired) electrons. The van der Waals surface area contributed by atoms with E-state index in [2.05, 4.69) is 60.5 Å². The summed E-state index contributed by atoms with van der Waals surface area (Å²) in [4.78, 5) is 4.89. The van der Waals surface area contributed by atoms with Crippen molar-refractivity contribution in [1.82, 2.24) is 18.7 Å². The second-order valence-electron chi connectivity index (χ2n) is 23.2. The lowest BCUT2D eigenvalue weighted by molar-refractivity contribution is -0.571. The molecule has 0 amide bonds. The van der Waals surface area contributed by atoms with Gasteiger partial charge in [0, 0.05) is 42.0 Å². The van der Waals surface area contributed by atoms with Crippen LogP contribution in [-0.2, 0) is 10.8 Å². The van der Waals surface area contributed by atoms with Gasteiger partial charge in [-0.15, -0.1) is 0 Å². The highest BCUT2D eigenvalue weighted by Gasteiger charge is 2.31. The van der Waals surface area contributed by atoms with Crippen molar-refractivity contribution in [2.45, 2.75) is 66.1 Å². The summed E-state index contributed by atoms with van der Waals surface area (Å²) in [7, 11) is 0. The first kappa shape index (κ1) is 36.5. The zero-order valence-corrected chi connectivity index (χ0v) is 45.9. The molecule has 0 N–H and O–H groups in total. The van der Waals surface area contributed by atoms with Crippen LogP contribution >= 0.6 is 0 Å². The van der Waals surface area contributed by atoms with E-state index in [0.29, 0.717) is 28.6 Å². The summed E-state index contributed by atoms with van der Waals surface area (Å²) in [5, 5.41) is 3.83. The molecule has 396 valence electrons. The van der Waals surface area contributed by atoms with Gasteiger partial charge in [-0.25, -0.2) is 4.98 Å². The van der Waals surface area contributed by atoms with E-state index in [-0.39, 0.29) is 72.1 Å². The Morgan fingerprint density at radius 1 is 0.488 bits per heavy atom. The third-order valence-corrected chi connectivity index (χ3v) is 16.1. The van der Waals surface area contributed by atoms with E-state index in [1.165, 1.54) is 18.2 Å². The van der Waals surface area contributed by atoms with Crippen molar-refractivity contribution in [1.29, 1.82) is 0 Å². The molecule has 15 rings (SSSR count). The van der Waals surface area contributed by atoms with Crippen LogP contribution in [0, 0.1) is 20.0 Å². The van der Waals surface area contributed by atoms with Crippen molar-refractivity contribution in [2.24, 2.45) is 0 Å². The number of pyridine rings is 1. The van der Waals surface area contributed by atoms with Gasteiger partial charge in [0.25, 0.3) is 6.33 Å². The summed E-state index contributed by atoms with van der Waals surface area (Å²) in [6, 6.07) is 47.7. The maximum Gasteiger partial charge on any atom is 0.269 e. The van der Waals surface area contributed by atoms with Gasteiger partial charge in [-0.1, -0.05) is 181 Å². The van der Waals surface area contributed by atoms with Crippen LogP contribution in [0.5, 0.6) is 11.5 Å². The summed E-state index contributed by atoms with van der Waals surface area (Å²) >= 11 is 0. The number of benzene rings is 10. The number of hydrogen-bond donors (Lipinski definition) is 0. The second kappa shape index (κ2) is 18.4. The molecule has 0 saturated heterocycles. The molecular formula is C76H61N5O. The van der Waals surface area contributed by atoms with E-state index < -0.39 is 67.5 Å². The lowest BCUT2D eigenvalue weighted by Crippen LogP contribution is -2.33. The van der Waals surface area contributed by atoms with Gasteiger partial charge in [0.1, 0.15) is 17.3 Å². The van der Waals surface area contributed by atoms with E-state index in [4.69, 9.17) is 17.9 Å². The molecule has 82 heavy (non-hydrogen) atoms. The molecular weight excluding hydrogens is 999 g/mol. The number of para-hydroxylation sites is 3. The van der Waals surface area contributed by atoms with Crippen LogP contribution < -0.4 is 9.30 Å².